The van der Waals surface area contributed by atoms with Crippen molar-refractivity contribution in [2.45, 2.75) is 45.4 Å². The van der Waals surface area contributed by atoms with Gasteiger partial charge in [0.15, 0.2) is 0 Å². The molecule has 1 aromatic carbocycles. The van der Waals surface area contributed by atoms with Crippen LogP contribution in [0.5, 0.6) is 0 Å². The van der Waals surface area contributed by atoms with Gasteiger partial charge in [-0.3, -0.25) is 4.79 Å². The summed E-state index contributed by atoms with van der Waals surface area (Å²) >= 11 is 0. The summed E-state index contributed by atoms with van der Waals surface area (Å²) in [5.41, 5.74) is 2.21. The zero-order valence-corrected chi connectivity index (χ0v) is 13.1. The third kappa shape index (κ3) is 6.60. The van der Waals surface area contributed by atoms with Gasteiger partial charge in [-0.25, -0.2) is 0 Å². The number of rotatable bonds is 9. The van der Waals surface area contributed by atoms with Crippen LogP contribution >= 0.6 is 0 Å². The average molecular weight is 276 g/mol. The van der Waals surface area contributed by atoms with Crippen LogP contribution in [0.1, 0.15) is 44.6 Å². The molecule has 1 amide bonds. The molecule has 0 aliphatic heterocycles. The van der Waals surface area contributed by atoms with Crippen molar-refractivity contribution in [2.75, 3.05) is 26.0 Å². The highest BCUT2D eigenvalue weighted by Crippen LogP contribution is 2.11. The number of hydrogen-bond donors (Lipinski definition) is 1. The van der Waals surface area contributed by atoms with Crippen molar-refractivity contribution in [3.8, 4) is 0 Å². The minimum Gasteiger partial charge on any atom is -0.385 e. The fourth-order valence-electron chi connectivity index (χ4n) is 2.03. The van der Waals surface area contributed by atoms with Crippen LogP contribution in [0.4, 0.5) is 5.69 Å². The number of carbonyl (C=O) groups excluding carboxylic acids is 1. The van der Waals surface area contributed by atoms with E-state index in [1.807, 2.05) is 12.1 Å². The third-order valence-electron chi connectivity index (χ3n) is 3.42. The molecular weight excluding hydrogens is 248 g/mol. The van der Waals surface area contributed by atoms with E-state index in [1.54, 1.807) is 19.0 Å². The maximum absolute atomic E-state index is 11.6. The van der Waals surface area contributed by atoms with Gasteiger partial charge in [-0.05, 0) is 24.1 Å². The Kier molecular flexibility index (Phi) is 7.78. The van der Waals surface area contributed by atoms with Crippen LogP contribution in [0, 0.1) is 0 Å². The Balaban J connectivity index is 2.26. The normalized spacial score (nSPS) is 10.3. The Hall–Kier alpha value is -1.51. The van der Waals surface area contributed by atoms with Gasteiger partial charge in [0.25, 0.3) is 0 Å². The largest absolute Gasteiger partial charge is 0.385 e. The standard InChI is InChI=1S/C17H28N2O/c1-4-5-6-7-8-13-18-16-11-9-15(10-12-16)14-17(20)19(2)3/h9-12,18H,4-8,13-14H2,1-3H3. The molecule has 3 nitrogen and oxygen atoms in total. The molecule has 0 bridgehead atoms. The number of likely N-dealkylation sites (N-methyl/N-ethyl adjacent to an activating group) is 1. The van der Waals surface area contributed by atoms with Crippen molar-refractivity contribution in [1.29, 1.82) is 0 Å². The molecule has 0 saturated carbocycles. The molecule has 0 atom stereocenters. The molecule has 112 valence electrons. The van der Waals surface area contributed by atoms with Crippen LogP contribution in [0.3, 0.4) is 0 Å². The maximum atomic E-state index is 11.6. The number of nitrogens with zero attached hydrogens (tertiary/aromatic N) is 1. The topological polar surface area (TPSA) is 32.3 Å². The van der Waals surface area contributed by atoms with Crippen molar-refractivity contribution in [3.05, 3.63) is 29.8 Å². The summed E-state index contributed by atoms with van der Waals surface area (Å²) in [7, 11) is 3.58. The summed E-state index contributed by atoms with van der Waals surface area (Å²) in [6.45, 7) is 3.26. The van der Waals surface area contributed by atoms with Gasteiger partial charge in [0.05, 0.1) is 6.42 Å². The van der Waals surface area contributed by atoms with Crippen molar-refractivity contribution in [1.82, 2.24) is 4.90 Å². The molecule has 0 aromatic heterocycles. The van der Waals surface area contributed by atoms with E-state index in [9.17, 15) is 4.79 Å². The Morgan fingerprint density at radius 1 is 1.05 bits per heavy atom. The second-order valence-corrected chi connectivity index (χ2v) is 5.50. The van der Waals surface area contributed by atoms with Crippen molar-refractivity contribution in [3.63, 3.8) is 0 Å². The highest BCUT2D eigenvalue weighted by Gasteiger charge is 2.05. The number of benzene rings is 1. The average Bonchev–Trinajstić information content (AvgIpc) is 2.44. The summed E-state index contributed by atoms with van der Waals surface area (Å²) in [4.78, 5) is 13.2. The first-order chi connectivity index (χ1) is 9.63. The minimum atomic E-state index is 0.140. The zero-order chi connectivity index (χ0) is 14.8. The Bertz CT molecular complexity index is 384. The fraction of sp³-hybridized carbons (Fsp3) is 0.588. The lowest BCUT2D eigenvalue weighted by molar-refractivity contribution is -0.127. The molecule has 1 aromatic rings. The number of amides is 1. The Morgan fingerprint density at radius 2 is 1.70 bits per heavy atom. The lowest BCUT2D eigenvalue weighted by atomic mass is 10.1. The molecule has 0 heterocycles. The molecule has 3 heteroatoms. The Labute approximate surface area is 123 Å². The minimum absolute atomic E-state index is 0.140. The first kappa shape index (κ1) is 16.5. The third-order valence-corrected chi connectivity index (χ3v) is 3.42. The molecule has 0 aliphatic carbocycles. The van der Waals surface area contributed by atoms with Crippen LogP contribution < -0.4 is 5.32 Å². The van der Waals surface area contributed by atoms with Crippen LogP contribution in [0.15, 0.2) is 24.3 Å². The number of unbranched alkanes of at least 4 members (excludes halogenated alkanes) is 4. The molecule has 0 saturated heterocycles. The molecule has 1 N–H and O–H groups in total. The Morgan fingerprint density at radius 3 is 2.30 bits per heavy atom. The lowest BCUT2D eigenvalue weighted by Crippen LogP contribution is -2.23. The summed E-state index contributed by atoms with van der Waals surface area (Å²) in [6.07, 6.45) is 6.97. The lowest BCUT2D eigenvalue weighted by Gasteiger charge is -2.11. The van der Waals surface area contributed by atoms with E-state index in [0.29, 0.717) is 6.42 Å². The highest BCUT2D eigenvalue weighted by atomic mass is 16.2. The van der Waals surface area contributed by atoms with E-state index in [-0.39, 0.29) is 5.91 Å². The number of anilines is 1. The van der Waals surface area contributed by atoms with Gasteiger partial charge < -0.3 is 10.2 Å². The number of carbonyl (C=O) groups is 1. The van der Waals surface area contributed by atoms with Gasteiger partial charge >= 0.3 is 0 Å². The fourth-order valence-corrected chi connectivity index (χ4v) is 2.03. The summed E-state index contributed by atoms with van der Waals surface area (Å²) in [6, 6.07) is 8.18. The first-order valence-electron chi connectivity index (χ1n) is 7.66. The van der Waals surface area contributed by atoms with Crippen LogP contribution in [0.2, 0.25) is 0 Å². The number of nitrogens with one attached hydrogen (secondary N) is 1. The van der Waals surface area contributed by atoms with Gasteiger partial charge in [-0.1, -0.05) is 44.7 Å². The van der Waals surface area contributed by atoms with Crippen molar-refractivity contribution < 1.29 is 4.79 Å². The van der Waals surface area contributed by atoms with Gasteiger partial charge in [-0.15, -0.1) is 0 Å². The molecule has 0 unspecified atom stereocenters. The molecule has 0 radical (unpaired) electrons. The van der Waals surface area contributed by atoms with Crippen LogP contribution in [-0.2, 0) is 11.2 Å². The van der Waals surface area contributed by atoms with E-state index in [4.69, 9.17) is 0 Å². The second kappa shape index (κ2) is 9.40. The van der Waals surface area contributed by atoms with Gasteiger partial charge in [0, 0.05) is 26.3 Å². The first-order valence-corrected chi connectivity index (χ1v) is 7.66. The van der Waals surface area contributed by atoms with E-state index >= 15 is 0 Å². The predicted molar refractivity (Wildman–Crippen MR) is 86.1 cm³/mol. The highest BCUT2D eigenvalue weighted by molar-refractivity contribution is 5.78. The summed E-state index contributed by atoms with van der Waals surface area (Å²) < 4.78 is 0. The van der Waals surface area contributed by atoms with Crippen LogP contribution in [0.25, 0.3) is 0 Å². The maximum Gasteiger partial charge on any atom is 0.226 e. The monoisotopic (exact) mass is 276 g/mol. The van der Waals surface area contributed by atoms with E-state index in [2.05, 4.69) is 24.4 Å². The van der Waals surface area contributed by atoms with Gasteiger partial charge in [0.2, 0.25) is 5.91 Å². The second-order valence-electron chi connectivity index (χ2n) is 5.50. The van der Waals surface area contributed by atoms with E-state index < -0.39 is 0 Å². The molecule has 20 heavy (non-hydrogen) atoms. The zero-order valence-electron chi connectivity index (χ0n) is 13.1. The quantitative estimate of drug-likeness (QED) is 0.697. The smallest absolute Gasteiger partial charge is 0.226 e. The number of hydrogen-bond acceptors (Lipinski definition) is 2. The molecule has 0 spiro atoms. The molecule has 1 rings (SSSR count). The van der Waals surface area contributed by atoms with Crippen molar-refractivity contribution >= 4 is 11.6 Å². The van der Waals surface area contributed by atoms with Gasteiger partial charge in [-0.2, -0.15) is 0 Å². The van der Waals surface area contributed by atoms with Crippen LogP contribution in [-0.4, -0.2) is 31.4 Å². The van der Waals surface area contributed by atoms with Crippen molar-refractivity contribution in [2.24, 2.45) is 0 Å². The van der Waals surface area contributed by atoms with E-state index in [1.165, 1.54) is 32.1 Å². The molecular formula is C17H28N2O. The van der Waals surface area contributed by atoms with Gasteiger partial charge in [0.1, 0.15) is 0 Å². The summed E-state index contributed by atoms with van der Waals surface area (Å²) in [5, 5.41) is 3.43. The SMILES string of the molecule is CCCCCCCNc1ccc(CC(=O)N(C)C)cc1. The summed E-state index contributed by atoms with van der Waals surface area (Å²) in [5.74, 6) is 0.140. The molecule has 0 aliphatic rings. The van der Waals surface area contributed by atoms with E-state index in [0.717, 1.165) is 17.8 Å². The molecule has 0 fully saturated rings. The predicted octanol–water partition coefficient (Wildman–Crippen LogP) is 3.70.